The van der Waals surface area contributed by atoms with Gasteiger partial charge >= 0.3 is 0 Å². The Kier molecular flexibility index (Phi) is 4.05. The molecule has 0 saturated heterocycles. The number of hydrogen-bond donors (Lipinski definition) is 1. The maximum absolute atomic E-state index is 12.0. The Balaban J connectivity index is 2.53. The van der Waals surface area contributed by atoms with Crippen molar-refractivity contribution < 1.29 is 13.5 Å². The Morgan fingerprint density at radius 1 is 1.33 bits per heavy atom. The first kappa shape index (κ1) is 14.7. The lowest BCUT2D eigenvalue weighted by Crippen LogP contribution is -2.30. The Morgan fingerprint density at radius 2 is 2.00 bits per heavy atom. The van der Waals surface area contributed by atoms with Crippen LogP contribution < -0.4 is 4.31 Å². The number of phenolic OH excluding ortho intramolecular Hbond substituents is 1. The largest absolute Gasteiger partial charge is 0.506 e. The fraction of sp³-hybridized carbons (Fsp3) is 0.154. The van der Waals surface area contributed by atoms with Gasteiger partial charge in [-0.15, -0.1) is 0 Å². The molecule has 2 aromatic rings. The number of anilines is 1. The summed E-state index contributed by atoms with van der Waals surface area (Å²) in [6, 6.07) is 6.08. The van der Waals surface area contributed by atoms with Crippen molar-refractivity contribution >= 4 is 15.7 Å². The molecule has 1 heterocycles. The highest BCUT2D eigenvalue weighted by Gasteiger charge is 2.22. The standard InChI is InChI=1S/C13H12N4O3S/c1-21(19,20)17(8-10-6-15-9-16-7-10)12-3-2-4-13(18)11(12)5-14/h2-4,6-7,9,18H,8H2,1H3. The van der Waals surface area contributed by atoms with Gasteiger partial charge in [-0.3, -0.25) is 4.31 Å². The molecule has 0 amide bonds. The second kappa shape index (κ2) is 5.76. The normalized spacial score (nSPS) is 10.9. The number of aromatic nitrogens is 2. The summed E-state index contributed by atoms with van der Waals surface area (Å²) in [5, 5.41) is 18.8. The fourth-order valence-corrected chi connectivity index (χ4v) is 2.70. The third kappa shape index (κ3) is 3.27. The van der Waals surface area contributed by atoms with Crippen molar-refractivity contribution in [3.8, 4) is 11.8 Å². The summed E-state index contributed by atoms with van der Waals surface area (Å²) in [5.74, 6) is -0.270. The lowest BCUT2D eigenvalue weighted by atomic mass is 10.1. The van der Waals surface area contributed by atoms with Gasteiger partial charge in [-0.05, 0) is 12.1 Å². The predicted octanol–water partition coefficient (Wildman–Crippen LogP) is 1.02. The van der Waals surface area contributed by atoms with Crippen molar-refractivity contribution in [2.45, 2.75) is 6.54 Å². The highest BCUT2D eigenvalue weighted by Crippen LogP contribution is 2.30. The molecule has 108 valence electrons. The van der Waals surface area contributed by atoms with Crippen LogP contribution in [0, 0.1) is 11.3 Å². The molecule has 1 N–H and O–H groups in total. The minimum absolute atomic E-state index is 0.0300. The first-order valence-electron chi connectivity index (χ1n) is 5.87. The molecule has 0 unspecified atom stereocenters. The maximum atomic E-state index is 12.0. The molecule has 1 aromatic carbocycles. The maximum Gasteiger partial charge on any atom is 0.232 e. The molecule has 2 rings (SSSR count). The van der Waals surface area contributed by atoms with E-state index in [4.69, 9.17) is 5.26 Å². The molecule has 0 fully saturated rings. The summed E-state index contributed by atoms with van der Waals surface area (Å²) in [5.41, 5.74) is 0.582. The third-order valence-corrected chi connectivity index (χ3v) is 3.87. The molecule has 8 heteroatoms. The van der Waals surface area contributed by atoms with Crippen molar-refractivity contribution in [1.29, 1.82) is 5.26 Å². The lowest BCUT2D eigenvalue weighted by Gasteiger charge is -2.23. The molecule has 0 aliphatic rings. The van der Waals surface area contributed by atoms with Crippen molar-refractivity contribution in [3.63, 3.8) is 0 Å². The van der Waals surface area contributed by atoms with Crippen LogP contribution in [0.15, 0.2) is 36.9 Å². The van der Waals surface area contributed by atoms with Crippen LogP contribution in [-0.4, -0.2) is 29.7 Å². The molecular formula is C13H12N4O3S. The molecule has 0 aliphatic carbocycles. The van der Waals surface area contributed by atoms with Gasteiger partial charge in [0.1, 0.15) is 23.7 Å². The van der Waals surface area contributed by atoms with E-state index in [0.717, 1.165) is 10.6 Å². The first-order valence-corrected chi connectivity index (χ1v) is 7.72. The van der Waals surface area contributed by atoms with Crippen molar-refractivity contribution in [2.24, 2.45) is 0 Å². The van der Waals surface area contributed by atoms with Crippen molar-refractivity contribution in [1.82, 2.24) is 9.97 Å². The molecule has 0 atom stereocenters. The summed E-state index contributed by atoms with van der Waals surface area (Å²) in [4.78, 5) is 7.65. The van der Waals surface area contributed by atoms with Crippen molar-refractivity contribution in [3.05, 3.63) is 48.0 Å². The highest BCUT2D eigenvalue weighted by molar-refractivity contribution is 7.92. The van der Waals surface area contributed by atoms with Gasteiger partial charge in [0.05, 0.1) is 18.5 Å². The molecule has 0 radical (unpaired) electrons. The van der Waals surface area contributed by atoms with Gasteiger partial charge in [-0.25, -0.2) is 18.4 Å². The van der Waals surface area contributed by atoms with Gasteiger partial charge in [0, 0.05) is 18.0 Å². The Labute approximate surface area is 122 Å². The van der Waals surface area contributed by atoms with Crippen molar-refractivity contribution in [2.75, 3.05) is 10.6 Å². The average molecular weight is 304 g/mol. The van der Waals surface area contributed by atoms with Gasteiger partial charge in [-0.1, -0.05) is 6.07 Å². The van der Waals surface area contributed by atoms with Gasteiger partial charge in [-0.2, -0.15) is 5.26 Å². The molecule has 0 aliphatic heterocycles. The second-order valence-corrected chi connectivity index (χ2v) is 6.21. The van der Waals surface area contributed by atoms with E-state index in [9.17, 15) is 13.5 Å². The molecule has 0 saturated carbocycles. The van der Waals surface area contributed by atoms with Crippen LogP contribution in [0.5, 0.6) is 5.75 Å². The topological polar surface area (TPSA) is 107 Å². The number of nitriles is 1. The first-order chi connectivity index (χ1) is 9.93. The zero-order valence-corrected chi connectivity index (χ0v) is 11.9. The zero-order chi connectivity index (χ0) is 15.5. The molecule has 1 aromatic heterocycles. The summed E-state index contributed by atoms with van der Waals surface area (Å²) < 4.78 is 25.1. The van der Waals surface area contributed by atoms with E-state index in [-0.39, 0.29) is 23.5 Å². The van der Waals surface area contributed by atoms with E-state index in [1.165, 1.54) is 36.9 Å². The van der Waals surface area contributed by atoms with Gasteiger partial charge in [0.2, 0.25) is 10.0 Å². The highest BCUT2D eigenvalue weighted by atomic mass is 32.2. The minimum Gasteiger partial charge on any atom is -0.506 e. The number of nitrogens with zero attached hydrogens (tertiary/aromatic N) is 4. The third-order valence-electron chi connectivity index (χ3n) is 2.74. The quantitative estimate of drug-likeness (QED) is 0.903. The Bertz CT molecular complexity index is 785. The minimum atomic E-state index is -3.65. The SMILES string of the molecule is CS(=O)(=O)N(Cc1cncnc1)c1cccc(O)c1C#N. The van der Waals surface area contributed by atoms with E-state index in [2.05, 4.69) is 9.97 Å². The van der Waals surface area contributed by atoms with E-state index >= 15 is 0 Å². The predicted molar refractivity (Wildman–Crippen MR) is 75.9 cm³/mol. The van der Waals surface area contributed by atoms with Crippen LogP contribution in [0.1, 0.15) is 11.1 Å². The number of phenols is 1. The van der Waals surface area contributed by atoms with Gasteiger partial charge < -0.3 is 5.11 Å². The smallest absolute Gasteiger partial charge is 0.232 e. The molecule has 7 nitrogen and oxygen atoms in total. The number of hydrogen-bond acceptors (Lipinski definition) is 6. The van der Waals surface area contributed by atoms with Crippen LogP contribution in [0.3, 0.4) is 0 Å². The Morgan fingerprint density at radius 3 is 2.57 bits per heavy atom. The van der Waals surface area contributed by atoms with Gasteiger partial charge in [0.25, 0.3) is 0 Å². The summed E-state index contributed by atoms with van der Waals surface area (Å²) in [6.07, 6.45) is 5.34. The number of aromatic hydroxyl groups is 1. The monoisotopic (exact) mass is 304 g/mol. The van der Waals surface area contributed by atoms with E-state index in [0.29, 0.717) is 5.56 Å². The van der Waals surface area contributed by atoms with Crippen LogP contribution in [0.4, 0.5) is 5.69 Å². The van der Waals surface area contributed by atoms with Crippen LogP contribution in [0.25, 0.3) is 0 Å². The molecule has 0 spiro atoms. The number of benzene rings is 1. The average Bonchev–Trinajstić information content (AvgIpc) is 2.44. The summed E-state index contributed by atoms with van der Waals surface area (Å²) >= 11 is 0. The summed E-state index contributed by atoms with van der Waals surface area (Å²) in [7, 11) is -3.65. The summed E-state index contributed by atoms with van der Waals surface area (Å²) in [6.45, 7) is -0.0300. The van der Waals surface area contributed by atoms with Crippen LogP contribution in [-0.2, 0) is 16.6 Å². The second-order valence-electron chi connectivity index (χ2n) is 4.30. The zero-order valence-electron chi connectivity index (χ0n) is 11.1. The molecule has 21 heavy (non-hydrogen) atoms. The van der Waals surface area contributed by atoms with Gasteiger partial charge in [0.15, 0.2) is 0 Å². The molecule has 0 bridgehead atoms. The number of rotatable bonds is 4. The van der Waals surface area contributed by atoms with Crippen LogP contribution >= 0.6 is 0 Å². The Hall–Kier alpha value is -2.66. The number of sulfonamides is 1. The lowest BCUT2D eigenvalue weighted by molar-refractivity contribution is 0.473. The van der Waals surface area contributed by atoms with E-state index < -0.39 is 10.0 Å². The molecular weight excluding hydrogens is 292 g/mol. The van der Waals surface area contributed by atoms with E-state index in [1.807, 2.05) is 6.07 Å². The fourth-order valence-electron chi connectivity index (χ4n) is 1.81. The van der Waals surface area contributed by atoms with Crippen LogP contribution in [0.2, 0.25) is 0 Å². The van der Waals surface area contributed by atoms with E-state index in [1.54, 1.807) is 0 Å².